The molecule has 3 rings (SSSR count). The second-order valence-electron chi connectivity index (χ2n) is 6.25. The second-order valence-corrected chi connectivity index (χ2v) is 6.25. The molecule has 0 bridgehead atoms. The lowest BCUT2D eigenvalue weighted by atomic mass is 9.88. The molecule has 0 spiro atoms. The molecule has 5 nitrogen and oxygen atoms in total. The van der Waals surface area contributed by atoms with Crippen LogP contribution in [0.5, 0.6) is 0 Å². The third kappa shape index (κ3) is 3.52. The van der Waals surface area contributed by atoms with Gasteiger partial charge in [-0.25, -0.2) is 9.59 Å². The molecule has 0 saturated carbocycles. The van der Waals surface area contributed by atoms with E-state index >= 15 is 0 Å². The predicted octanol–water partition coefficient (Wildman–Crippen LogP) is 3.64. The van der Waals surface area contributed by atoms with Gasteiger partial charge in [0.2, 0.25) is 0 Å². The maximum Gasteiger partial charge on any atom is 0.333 e. The average Bonchev–Trinajstić information content (AvgIpc) is 2.66. The summed E-state index contributed by atoms with van der Waals surface area (Å²) in [5, 5.41) is 16.9. The number of carboxylic acids is 1. The fourth-order valence-corrected chi connectivity index (χ4v) is 2.95. The largest absolute Gasteiger partial charge is 0.479 e. The zero-order valence-electron chi connectivity index (χ0n) is 14.4. The molecule has 0 radical (unpaired) electrons. The van der Waals surface area contributed by atoms with Crippen LogP contribution in [-0.4, -0.2) is 17.1 Å². The minimum absolute atomic E-state index is 0.317. The van der Waals surface area contributed by atoms with E-state index in [-0.39, 0.29) is 0 Å². The van der Waals surface area contributed by atoms with Crippen LogP contribution in [0.1, 0.15) is 18.1 Å². The van der Waals surface area contributed by atoms with Crippen molar-refractivity contribution in [2.24, 2.45) is 0 Å². The Balaban J connectivity index is 1.85. The van der Waals surface area contributed by atoms with Crippen molar-refractivity contribution in [1.29, 1.82) is 0 Å². The van der Waals surface area contributed by atoms with Crippen LogP contribution >= 0.6 is 0 Å². The van der Waals surface area contributed by atoms with E-state index in [1.807, 2.05) is 60.7 Å². The van der Waals surface area contributed by atoms with Gasteiger partial charge in [-0.2, -0.15) is 0 Å². The number of carbonyl (C=O) groups is 2. The molecule has 3 N–H and O–H groups in total. The minimum Gasteiger partial charge on any atom is -0.479 e. The second kappa shape index (κ2) is 7.27. The molecule has 0 heterocycles. The van der Waals surface area contributed by atoms with Crippen LogP contribution in [0.4, 0.5) is 4.79 Å². The zero-order valence-corrected chi connectivity index (χ0v) is 14.4. The summed E-state index contributed by atoms with van der Waals surface area (Å²) >= 11 is 0. The van der Waals surface area contributed by atoms with Crippen molar-refractivity contribution in [2.75, 3.05) is 0 Å². The van der Waals surface area contributed by atoms with Crippen LogP contribution in [0.25, 0.3) is 10.8 Å². The van der Waals surface area contributed by atoms with Gasteiger partial charge in [0.05, 0.1) is 0 Å². The molecule has 0 fully saturated rings. The minimum atomic E-state index is -1.55. The number of nitrogens with one attached hydrogen (secondary N) is 2. The Morgan fingerprint density at radius 2 is 1.58 bits per heavy atom. The van der Waals surface area contributed by atoms with Gasteiger partial charge in [-0.1, -0.05) is 72.8 Å². The van der Waals surface area contributed by atoms with Crippen molar-refractivity contribution in [3.8, 4) is 0 Å². The van der Waals surface area contributed by atoms with Crippen LogP contribution in [0.15, 0.2) is 72.8 Å². The van der Waals surface area contributed by atoms with Crippen molar-refractivity contribution in [3.63, 3.8) is 0 Å². The van der Waals surface area contributed by atoms with Gasteiger partial charge in [0.15, 0.2) is 5.54 Å². The van der Waals surface area contributed by atoms with Crippen LogP contribution in [-0.2, 0) is 16.9 Å². The van der Waals surface area contributed by atoms with Crippen LogP contribution in [0.2, 0.25) is 0 Å². The first-order valence-corrected chi connectivity index (χ1v) is 8.32. The zero-order chi connectivity index (χ0) is 18.6. The summed E-state index contributed by atoms with van der Waals surface area (Å²) in [4.78, 5) is 24.4. The molecule has 3 aromatic rings. The Bertz CT molecular complexity index is 935. The van der Waals surface area contributed by atoms with E-state index in [2.05, 4.69) is 10.6 Å². The normalized spacial score (nSPS) is 13.0. The van der Waals surface area contributed by atoms with Crippen molar-refractivity contribution in [1.82, 2.24) is 10.6 Å². The number of rotatable bonds is 5. The van der Waals surface area contributed by atoms with Gasteiger partial charge in [-0.3, -0.25) is 0 Å². The lowest BCUT2D eigenvalue weighted by Crippen LogP contribution is -2.52. The molecule has 3 aromatic carbocycles. The van der Waals surface area contributed by atoms with E-state index in [1.54, 1.807) is 12.1 Å². The van der Waals surface area contributed by atoms with Crippen molar-refractivity contribution < 1.29 is 14.7 Å². The van der Waals surface area contributed by atoms with Gasteiger partial charge in [0.1, 0.15) is 0 Å². The number of urea groups is 1. The van der Waals surface area contributed by atoms with Gasteiger partial charge in [-0.05, 0) is 28.8 Å². The average molecular weight is 348 g/mol. The summed E-state index contributed by atoms with van der Waals surface area (Å²) in [7, 11) is 0. The highest BCUT2D eigenvalue weighted by atomic mass is 16.4. The molecular formula is C21H20N2O3. The van der Waals surface area contributed by atoms with Gasteiger partial charge in [0.25, 0.3) is 0 Å². The maximum absolute atomic E-state index is 12.4. The fourth-order valence-electron chi connectivity index (χ4n) is 2.95. The number of fused-ring (bicyclic) bond motifs is 1. The first-order chi connectivity index (χ1) is 12.5. The molecule has 0 aromatic heterocycles. The first kappa shape index (κ1) is 17.5. The monoisotopic (exact) mass is 348 g/mol. The standard InChI is InChI=1S/C21H20N2O3/c1-21(19(24)25,18-13-7-11-16-10-5-6-12-17(16)18)23-20(26)22-14-15-8-3-2-4-9-15/h2-13H,14H2,1H3,(H,24,25)(H2,22,23,26). The molecule has 1 unspecified atom stereocenters. The third-order valence-corrected chi connectivity index (χ3v) is 4.42. The third-order valence-electron chi connectivity index (χ3n) is 4.42. The van der Waals surface area contributed by atoms with E-state index < -0.39 is 17.5 Å². The number of aliphatic carboxylic acids is 1. The van der Waals surface area contributed by atoms with E-state index in [0.29, 0.717) is 12.1 Å². The molecule has 132 valence electrons. The van der Waals surface area contributed by atoms with Crippen LogP contribution in [0.3, 0.4) is 0 Å². The van der Waals surface area contributed by atoms with Crippen LogP contribution < -0.4 is 10.6 Å². The highest BCUT2D eigenvalue weighted by Crippen LogP contribution is 2.29. The summed E-state index contributed by atoms with van der Waals surface area (Å²) in [6.45, 7) is 1.82. The van der Waals surface area contributed by atoms with E-state index in [9.17, 15) is 14.7 Å². The Morgan fingerprint density at radius 3 is 2.31 bits per heavy atom. The summed E-state index contributed by atoms with van der Waals surface area (Å²) in [6, 6.07) is 21.9. The van der Waals surface area contributed by atoms with E-state index in [0.717, 1.165) is 16.3 Å². The van der Waals surface area contributed by atoms with E-state index in [1.165, 1.54) is 6.92 Å². The Kier molecular flexibility index (Phi) is 4.89. The maximum atomic E-state index is 12.4. The lowest BCUT2D eigenvalue weighted by molar-refractivity contribution is -0.144. The lowest BCUT2D eigenvalue weighted by Gasteiger charge is -2.28. The Hall–Kier alpha value is -3.34. The molecule has 1 atom stereocenters. The molecular weight excluding hydrogens is 328 g/mol. The van der Waals surface area contributed by atoms with Crippen LogP contribution in [0, 0.1) is 0 Å². The topological polar surface area (TPSA) is 78.4 Å². The van der Waals surface area contributed by atoms with Crippen molar-refractivity contribution in [2.45, 2.75) is 19.0 Å². The molecule has 0 aliphatic rings. The SMILES string of the molecule is CC(NC(=O)NCc1ccccc1)(C(=O)O)c1cccc2ccccc12. The number of carbonyl (C=O) groups excluding carboxylic acids is 1. The molecule has 0 saturated heterocycles. The van der Waals surface area contributed by atoms with Gasteiger partial charge in [-0.15, -0.1) is 0 Å². The smallest absolute Gasteiger partial charge is 0.333 e. The first-order valence-electron chi connectivity index (χ1n) is 8.32. The van der Waals surface area contributed by atoms with Gasteiger partial charge in [0, 0.05) is 6.54 Å². The number of benzene rings is 3. The van der Waals surface area contributed by atoms with E-state index in [4.69, 9.17) is 0 Å². The fraction of sp³-hybridized carbons (Fsp3) is 0.143. The summed E-state index contributed by atoms with van der Waals surface area (Å²) < 4.78 is 0. The Morgan fingerprint density at radius 1 is 0.923 bits per heavy atom. The molecule has 26 heavy (non-hydrogen) atoms. The Labute approximate surface area is 151 Å². The van der Waals surface area contributed by atoms with Crippen molar-refractivity contribution in [3.05, 3.63) is 83.9 Å². The summed E-state index contributed by atoms with van der Waals surface area (Å²) in [5.41, 5.74) is -0.0791. The highest BCUT2D eigenvalue weighted by Gasteiger charge is 2.38. The number of amides is 2. The number of hydrogen-bond donors (Lipinski definition) is 3. The molecule has 2 amide bonds. The predicted molar refractivity (Wildman–Crippen MR) is 101 cm³/mol. The quantitative estimate of drug-likeness (QED) is 0.659. The summed E-state index contributed by atoms with van der Waals surface area (Å²) in [5.74, 6) is -1.12. The highest BCUT2D eigenvalue weighted by molar-refractivity contribution is 5.95. The number of carboxylic acid groups (broad SMARTS) is 1. The van der Waals surface area contributed by atoms with Gasteiger partial charge < -0.3 is 15.7 Å². The van der Waals surface area contributed by atoms with Gasteiger partial charge >= 0.3 is 12.0 Å². The molecule has 5 heteroatoms. The molecule has 0 aliphatic heterocycles. The number of hydrogen-bond acceptors (Lipinski definition) is 2. The summed E-state index contributed by atoms with van der Waals surface area (Å²) in [6.07, 6.45) is 0. The molecule has 0 aliphatic carbocycles. The van der Waals surface area contributed by atoms with Crippen molar-refractivity contribution >= 4 is 22.8 Å².